The zero-order chi connectivity index (χ0) is 22.6. The molecule has 162 valence electrons. The fraction of sp³-hybridized carbons (Fsp3) is 0.0800. The maximum atomic E-state index is 12.7. The standard InChI is InChI=1S/C25H20N6O2/c1-2-33-21-10-8-17(9-11-21)25(32)27-20-7-3-5-18(15-20)22-12-13-23-28-29-24(31(23)30-22)19-6-4-14-26-16-19/h3-16H,2H2,1H3,(H,27,32). The van der Waals surface area contributed by atoms with Gasteiger partial charge in [-0.1, -0.05) is 12.1 Å². The lowest BCUT2D eigenvalue weighted by Crippen LogP contribution is -2.11. The Hall–Kier alpha value is -4.59. The largest absolute Gasteiger partial charge is 0.494 e. The van der Waals surface area contributed by atoms with Gasteiger partial charge in [0.1, 0.15) is 5.75 Å². The number of rotatable bonds is 6. The molecule has 0 fully saturated rings. The molecule has 1 amide bonds. The highest BCUT2D eigenvalue weighted by Crippen LogP contribution is 2.24. The molecule has 2 aromatic carbocycles. The second kappa shape index (κ2) is 8.88. The molecule has 0 aliphatic heterocycles. The molecular weight excluding hydrogens is 416 g/mol. The van der Waals surface area contributed by atoms with Gasteiger partial charge in [-0.15, -0.1) is 10.2 Å². The zero-order valence-electron chi connectivity index (χ0n) is 17.8. The summed E-state index contributed by atoms with van der Waals surface area (Å²) < 4.78 is 7.12. The van der Waals surface area contributed by atoms with E-state index in [0.29, 0.717) is 29.3 Å². The normalized spacial score (nSPS) is 10.8. The predicted octanol–water partition coefficient (Wildman–Crippen LogP) is 4.50. The highest BCUT2D eigenvalue weighted by molar-refractivity contribution is 6.04. The fourth-order valence-corrected chi connectivity index (χ4v) is 3.45. The molecule has 8 nitrogen and oxygen atoms in total. The van der Waals surface area contributed by atoms with Crippen LogP contribution in [-0.4, -0.2) is 37.3 Å². The van der Waals surface area contributed by atoms with Crippen LogP contribution in [0.4, 0.5) is 5.69 Å². The van der Waals surface area contributed by atoms with E-state index in [1.807, 2.05) is 55.5 Å². The Morgan fingerprint density at radius 1 is 0.970 bits per heavy atom. The first kappa shape index (κ1) is 20.3. The number of carbonyl (C=O) groups is 1. The number of nitrogens with one attached hydrogen (secondary N) is 1. The number of aromatic nitrogens is 5. The van der Waals surface area contributed by atoms with E-state index in [1.165, 1.54) is 0 Å². The molecule has 3 heterocycles. The van der Waals surface area contributed by atoms with Crippen molar-refractivity contribution in [2.24, 2.45) is 0 Å². The third kappa shape index (κ3) is 4.27. The zero-order valence-corrected chi connectivity index (χ0v) is 17.8. The molecule has 3 aromatic heterocycles. The molecule has 0 saturated carbocycles. The van der Waals surface area contributed by atoms with Gasteiger partial charge in [-0.05, 0) is 67.6 Å². The van der Waals surface area contributed by atoms with Crippen molar-refractivity contribution in [3.05, 3.63) is 90.8 Å². The number of benzene rings is 2. The number of amides is 1. The molecule has 5 rings (SSSR count). The molecule has 0 spiro atoms. The molecule has 0 atom stereocenters. The van der Waals surface area contributed by atoms with Crippen LogP contribution in [0.5, 0.6) is 5.75 Å². The van der Waals surface area contributed by atoms with Gasteiger partial charge in [0.2, 0.25) is 0 Å². The number of ether oxygens (including phenoxy) is 1. The number of carbonyl (C=O) groups excluding carboxylic acids is 1. The molecule has 8 heteroatoms. The Morgan fingerprint density at radius 3 is 2.61 bits per heavy atom. The van der Waals surface area contributed by atoms with Crippen molar-refractivity contribution in [2.45, 2.75) is 6.92 Å². The second-order valence-corrected chi connectivity index (χ2v) is 7.25. The molecule has 1 N–H and O–H groups in total. The molecule has 33 heavy (non-hydrogen) atoms. The van der Waals surface area contributed by atoms with E-state index < -0.39 is 0 Å². The van der Waals surface area contributed by atoms with Crippen LogP contribution in [0.2, 0.25) is 0 Å². The van der Waals surface area contributed by atoms with Crippen molar-refractivity contribution in [3.8, 4) is 28.4 Å². The average Bonchev–Trinajstić information content (AvgIpc) is 3.29. The first-order valence-corrected chi connectivity index (χ1v) is 10.5. The number of nitrogens with zero attached hydrogens (tertiary/aromatic N) is 5. The van der Waals surface area contributed by atoms with Gasteiger partial charge < -0.3 is 10.1 Å². The highest BCUT2D eigenvalue weighted by atomic mass is 16.5. The van der Waals surface area contributed by atoms with Crippen molar-refractivity contribution in [2.75, 3.05) is 11.9 Å². The van der Waals surface area contributed by atoms with Gasteiger partial charge in [0.25, 0.3) is 5.91 Å². The molecule has 0 aliphatic rings. The van der Waals surface area contributed by atoms with Crippen molar-refractivity contribution in [1.82, 2.24) is 24.8 Å². The van der Waals surface area contributed by atoms with Crippen LogP contribution < -0.4 is 10.1 Å². The number of anilines is 1. The Bertz CT molecular complexity index is 1410. The summed E-state index contributed by atoms with van der Waals surface area (Å²) in [5.74, 6) is 1.15. The van der Waals surface area contributed by atoms with Crippen molar-refractivity contribution >= 4 is 17.2 Å². The van der Waals surface area contributed by atoms with Gasteiger partial charge in [0.05, 0.1) is 12.3 Å². The lowest BCUT2D eigenvalue weighted by Gasteiger charge is -2.09. The Morgan fingerprint density at radius 2 is 1.82 bits per heavy atom. The van der Waals surface area contributed by atoms with E-state index in [2.05, 4.69) is 20.5 Å². The second-order valence-electron chi connectivity index (χ2n) is 7.25. The quantitative estimate of drug-likeness (QED) is 0.421. The first-order valence-electron chi connectivity index (χ1n) is 10.5. The summed E-state index contributed by atoms with van der Waals surface area (Å²) in [5.41, 5.74) is 4.26. The Kier molecular flexibility index (Phi) is 5.47. The summed E-state index contributed by atoms with van der Waals surface area (Å²) in [4.78, 5) is 16.8. The van der Waals surface area contributed by atoms with Gasteiger partial charge >= 0.3 is 0 Å². The minimum Gasteiger partial charge on any atom is -0.494 e. The minimum atomic E-state index is -0.198. The van der Waals surface area contributed by atoms with Crippen LogP contribution in [0.3, 0.4) is 0 Å². The summed E-state index contributed by atoms with van der Waals surface area (Å²) in [7, 11) is 0. The molecular formula is C25H20N6O2. The topological polar surface area (TPSA) is 94.3 Å². The van der Waals surface area contributed by atoms with E-state index in [-0.39, 0.29) is 5.91 Å². The van der Waals surface area contributed by atoms with Gasteiger partial charge in [-0.25, -0.2) is 0 Å². The number of pyridine rings is 1. The van der Waals surface area contributed by atoms with Crippen LogP contribution in [0, 0.1) is 0 Å². The van der Waals surface area contributed by atoms with E-state index in [4.69, 9.17) is 9.84 Å². The first-order chi connectivity index (χ1) is 16.2. The molecule has 0 radical (unpaired) electrons. The van der Waals surface area contributed by atoms with Crippen LogP contribution in [0.1, 0.15) is 17.3 Å². The van der Waals surface area contributed by atoms with E-state index >= 15 is 0 Å². The maximum absolute atomic E-state index is 12.7. The molecule has 0 saturated heterocycles. The van der Waals surface area contributed by atoms with Crippen LogP contribution in [0.25, 0.3) is 28.3 Å². The maximum Gasteiger partial charge on any atom is 0.255 e. The summed E-state index contributed by atoms with van der Waals surface area (Å²) in [6, 6.07) is 22.1. The van der Waals surface area contributed by atoms with Crippen LogP contribution in [-0.2, 0) is 0 Å². The Labute approximate surface area is 189 Å². The number of fused-ring (bicyclic) bond motifs is 1. The predicted molar refractivity (Wildman–Crippen MR) is 125 cm³/mol. The summed E-state index contributed by atoms with van der Waals surface area (Å²) in [6.45, 7) is 2.50. The van der Waals surface area contributed by atoms with Gasteiger partial charge in [0, 0.05) is 34.8 Å². The van der Waals surface area contributed by atoms with Crippen molar-refractivity contribution in [3.63, 3.8) is 0 Å². The summed E-state index contributed by atoms with van der Waals surface area (Å²) in [6.07, 6.45) is 3.43. The SMILES string of the molecule is CCOc1ccc(C(=O)Nc2cccc(-c3ccc4nnc(-c5cccnc5)n4n3)c2)cc1. The number of hydrogen-bond donors (Lipinski definition) is 1. The smallest absolute Gasteiger partial charge is 0.255 e. The lowest BCUT2D eigenvalue weighted by molar-refractivity contribution is 0.102. The van der Waals surface area contributed by atoms with E-state index in [1.54, 1.807) is 41.2 Å². The minimum absolute atomic E-state index is 0.198. The molecule has 0 unspecified atom stereocenters. The molecule has 0 bridgehead atoms. The lowest BCUT2D eigenvalue weighted by atomic mass is 10.1. The fourth-order valence-electron chi connectivity index (χ4n) is 3.45. The van der Waals surface area contributed by atoms with E-state index in [0.717, 1.165) is 22.6 Å². The van der Waals surface area contributed by atoms with Gasteiger partial charge in [0.15, 0.2) is 11.5 Å². The molecule has 0 aliphatic carbocycles. The summed E-state index contributed by atoms with van der Waals surface area (Å²) in [5, 5.41) is 16.1. The van der Waals surface area contributed by atoms with Gasteiger partial charge in [-0.3, -0.25) is 9.78 Å². The average molecular weight is 436 g/mol. The summed E-state index contributed by atoms with van der Waals surface area (Å²) >= 11 is 0. The Balaban J connectivity index is 1.41. The van der Waals surface area contributed by atoms with Crippen molar-refractivity contribution in [1.29, 1.82) is 0 Å². The van der Waals surface area contributed by atoms with Crippen LogP contribution in [0.15, 0.2) is 85.2 Å². The number of hydrogen-bond acceptors (Lipinski definition) is 6. The highest BCUT2D eigenvalue weighted by Gasteiger charge is 2.12. The third-order valence-corrected chi connectivity index (χ3v) is 5.03. The van der Waals surface area contributed by atoms with Crippen molar-refractivity contribution < 1.29 is 9.53 Å². The van der Waals surface area contributed by atoms with Gasteiger partial charge in [-0.2, -0.15) is 9.61 Å². The van der Waals surface area contributed by atoms with Crippen LogP contribution >= 0.6 is 0 Å². The monoisotopic (exact) mass is 436 g/mol. The molecule has 5 aromatic rings. The van der Waals surface area contributed by atoms with E-state index in [9.17, 15) is 4.79 Å². The third-order valence-electron chi connectivity index (χ3n) is 5.03.